The van der Waals surface area contributed by atoms with Crippen LogP contribution in [-0.4, -0.2) is 9.13 Å². The van der Waals surface area contributed by atoms with E-state index >= 15 is 0 Å². The molecule has 2 aromatic heterocycles. The van der Waals surface area contributed by atoms with Gasteiger partial charge in [-0.05, 0) is 108 Å². The molecule has 0 saturated carbocycles. The quantitative estimate of drug-likeness (QED) is 0.159. The fourth-order valence-electron chi connectivity index (χ4n) is 9.31. The summed E-state index contributed by atoms with van der Waals surface area (Å²) >= 11 is 0. The predicted molar refractivity (Wildman–Crippen MR) is 241 cm³/mol. The molecule has 0 bridgehead atoms. The summed E-state index contributed by atoms with van der Waals surface area (Å²) in [5, 5.41) is 16.5. The van der Waals surface area contributed by atoms with E-state index in [4.69, 9.17) is 0 Å². The number of fused-ring (bicyclic) bond motifs is 6. The maximum Gasteiger partial charge on any atom is 0.0864 e. The van der Waals surface area contributed by atoms with Crippen molar-refractivity contribution in [3.63, 3.8) is 0 Å². The van der Waals surface area contributed by atoms with Crippen LogP contribution < -0.4 is 16.0 Å². The summed E-state index contributed by atoms with van der Waals surface area (Å²) in [5.41, 5.74) is 15.8. The average molecular weight is 750 g/mol. The van der Waals surface area contributed by atoms with Crippen LogP contribution in [0.1, 0.15) is 46.3 Å². The lowest BCUT2D eigenvalue weighted by Crippen LogP contribution is -2.54. The second kappa shape index (κ2) is 14.0. The topological polar surface area (TPSA) is 46.0 Å². The van der Waals surface area contributed by atoms with Crippen LogP contribution in [0.4, 0.5) is 0 Å². The van der Waals surface area contributed by atoms with Crippen molar-refractivity contribution in [1.29, 1.82) is 0 Å². The van der Waals surface area contributed by atoms with Crippen molar-refractivity contribution in [1.82, 2.24) is 25.1 Å². The Morgan fingerprint density at radius 2 is 0.828 bits per heavy atom. The van der Waals surface area contributed by atoms with E-state index in [9.17, 15) is 0 Å². The first-order chi connectivity index (χ1) is 28.6. The van der Waals surface area contributed by atoms with Crippen LogP contribution >= 0.6 is 0 Å². The zero-order valence-corrected chi connectivity index (χ0v) is 32.5. The van der Waals surface area contributed by atoms with Crippen LogP contribution in [-0.2, 0) is 0 Å². The van der Waals surface area contributed by atoms with E-state index in [1.807, 2.05) is 0 Å². The Hall–Kier alpha value is -6.76. The van der Waals surface area contributed by atoms with Crippen molar-refractivity contribution in [3.8, 4) is 22.5 Å². The van der Waals surface area contributed by atoms with Gasteiger partial charge in [-0.15, -0.1) is 0 Å². The van der Waals surface area contributed by atoms with Crippen molar-refractivity contribution in [2.75, 3.05) is 0 Å². The van der Waals surface area contributed by atoms with E-state index in [0.717, 1.165) is 5.69 Å². The van der Waals surface area contributed by atoms with Crippen molar-refractivity contribution >= 4 is 43.6 Å². The molecule has 0 amide bonds. The molecule has 1 saturated heterocycles. The Kier molecular flexibility index (Phi) is 8.33. The molecule has 10 aromatic rings. The van der Waals surface area contributed by atoms with Crippen molar-refractivity contribution in [2.45, 2.75) is 32.3 Å². The van der Waals surface area contributed by atoms with Gasteiger partial charge in [-0.25, -0.2) is 0 Å². The summed E-state index contributed by atoms with van der Waals surface area (Å²) in [4.78, 5) is 0. The van der Waals surface area contributed by atoms with Crippen LogP contribution in [0.5, 0.6) is 0 Å². The van der Waals surface area contributed by atoms with Crippen molar-refractivity contribution in [3.05, 3.63) is 216 Å². The van der Waals surface area contributed by atoms with Gasteiger partial charge in [-0.2, -0.15) is 0 Å². The standard InChI is InChI=1S/C53H43N5/c1-34-30-35(2)50-46(31-34)45-33-40(39-24-28-48-44(32-39)43-20-12-13-21-47(43)57(48)41-18-10-5-11-19-41)25-29-49(45)58(50)42-26-22-38(23-27-42)53-55-51(36-14-6-3-7-15-36)54-52(56-53)37-16-8-4-9-17-37/h3-33,51-56H,1-2H3. The fraction of sp³-hybridized carbons (Fsp3) is 0.0943. The lowest BCUT2D eigenvalue weighted by molar-refractivity contribution is 0.203. The largest absolute Gasteiger partial charge is 0.309 e. The molecule has 11 rings (SSSR count). The Morgan fingerprint density at radius 1 is 0.362 bits per heavy atom. The molecule has 3 heterocycles. The molecule has 58 heavy (non-hydrogen) atoms. The second-order valence-electron chi connectivity index (χ2n) is 15.7. The SMILES string of the molecule is Cc1cc(C)c2c(c1)c1cc(-c3ccc4c(c3)c3ccccc3n4-c3ccccc3)ccc1n2-c1ccc(C2NC(c3ccccc3)NC(c3ccccc3)N2)cc1. The fourth-order valence-corrected chi connectivity index (χ4v) is 9.31. The van der Waals surface area contributed by atoms with Gasteiger partial charge in [-0.3, -0.25) is 16.0 Å². The molecular weight excluding hydrogens is 707 g/mol. The van der Waals surface area contributed by atoms with Crippen LogP contribution in [0.25, 0.3) is 66.1 Å². The smallest absolute Gasteiger partial charge is 0.0864 e. The number of nitrogens with one attached hydrogen (secondary N) is 3. The Labute approximate surface area is 338 Å². The highest BCUT2D eigenvalue weighted by Gasteiger charge is 2.29. The van der Waals surface area contributed by atoms with Crippen LogP contribution in [0.2, 0.25) is 0 Å². The third-order valence-electron chi connectivity index (χ3n) is 12.0. The van der Waals surface area contributed by atoms with E-state index in [1.165, 1.54) is 88.2 Å². The van der Waals surface area contributed by atoms with Gasteiger partial charge < -0.3 is 9.13 Å². The van der Waals surface area contributed by atoms with Gasteiger partial charge in [-0.1, -0.05) is 133 Å². The second-order valence-corrected chi connectivity index (χ2v) is 15.7. The molecule has 1 aliphatic rings. The first kappa shape index (κ1) is 34.5. The molecule has 1 aliphatic heterocycles. The summed E-state index contributed by atoms with van der Waals surface area (Å²) in [6.45, 7) is 4.45. The third-order valence-corrected chi connectivity index (χ3v) is 12.0. The zero-order chi connectivity index (χ0) is 38.7. The number of aryl methyl sites for hydroxylation is 2. The summed E-state index contributed by atoms with van der Waals surface area (Å²) in [5.74, 6) is 0. The number of benzene rings is 8. The molecule has 5 nitrogen and oxygen atoms in total. The highest BCUT2D eigenvalue weighted by Crippen LogP contribution is 2.40. The monoisotopic (exact) mass is 749 g/mol. The van der Waals surface area contributed by atoms with Gasteiger partial charge in [0.1, 0.15) is 0 Å². The van der Waals surface area contributed by atoms with E-state index < -0.39 is 0 Å². The summed E-state index contributed by atoms with van der Waals surface area (Å²) in [7, 11) is 0. The minimum absolute atomic E-state index is 0.0158. The summed E-state index contributed by atoms with van der Waals surface area (Å²) in [6, 6.07) is 68.4. The van der Waals surface area contributed by atoms with Crippen molar-refractivity contribution < 1.29 is 0 Å². The first-order valence-electron chi connectivity index (χ1n) is 20.2. The van der Waals surface area contributed by atoms with E-state index in [2.05, 4.69) is 227 Å². The zero-order valence-electron chi connectivity index (χ0n) is 32.5. The molecule has 0 aliphatic carbocycles. The number of rotatable bonds is 6. The van der Waals surface area contributed by atoms with Crippen LogP contribution in [0.3, 0.4) is 0 Å². The van der Waals surface area contributed by atoms with E-state index in [1.54, 1.807) is 0 Å². The summed E-state index contributed by atoms with van der Waals surface area (Å²) in [6.07, 6.45) is -0.0919. The molecular formula is C53H43N5. The highest BCUT2D eigenvalue weighted by atomic mass is 15.4. The number of nitrogens with zero attached hydrogens (tertiary/aromatic N) is 2. The molecule has 8 aromatic carbocycles. The van der Waals surface area contributed by atoms with Gasteiger partial charge in [0.15, 0.2) is 0 Å². The number of aromatic nitrogens is 2. The van der Waals surface area contributed by atoms with Gasteiger partial charge in [0.25, 0.3) is 0 Å². The lowest BCUT2D eigenvalue weighted by atomic mass is 10.00. The molecule has 2 atom stereocenters. The molecule has 0 spiro atoms. The maximum atomic E-state index is 3.84. The van der Waals surface area contributed by atoms with Gasteiger partial charge in [0.05, 0.1) is 40.6 Å². The molecule has 5 heteroatoms. The lowest BCUT2D eigenvalue weighted by Gasteiger charge is -2.39. The molecule has 280 valence electrons. The number of para-hydroxylation sites is 2. The minimum Gasteiger partial charge on any atom is -0.309 e. The van der Waals surface area contributed by atoms with Crippen LogP contribution in [0, 0.1) is 13.8 Å². The number of hydrogen-bond acceptors (Lipinski definition) is 3. The minimum atomic E-state index is -0.0603. The van der Waals surface area contributed by atoms with Gasteiger partial charge >= 0.3 is 0 Å². The molecule has 3 N–H and O–H groups in total. The summed E-state index contributed by atoms with van der Waals surface area (Å²) < 4.78 is 4.83. The Morgan fingerprint density at radius 3 is 1.43 bits per heavy atom. The van der Waals surface area contributed by atoms with Gasteiger partial charge in [0, 0.05) is 32.9 Å². The normalized spacial score (nSPS) is 17.1. The molecule has 2 unspecified atom stereocenters. The van der Waals surface area contributed by atoms with Crippen molar-refractivity contribution in [2.24, 2.45) is 0 Å². The third kappa shape index (κ3) is 5.83. The average Bonchev–Trinajstić information content (AvgIpc) is 3.79. The number of hydrogen-bond donors (Lipinski definition) is 3. The van der Waals surface area contributed by atoms with E-state index in [0.29, 0.717) is 0 Å². The van der Waals surface area contributed by atoms with E-state index in [-0.39, 0.29) is 18.5 Å². The predicted octanol–water partition coefficient (Wildman–Crippen LogP) is 12.3. The van der Waals surface area contributed by atoms with Crippen LogP contribution in [0.15, 0.2) is 188 Å². The highest BCUT2D eigenvalue weighted by molar-refractivity contribution is 6.13. The molecule has 1 fully saturated rings. The maximum absolute atomic E-state index is 3.84. The molecule has 0 radical (unpaired) electrons. The first-order valence-corrected chi connectivity index (χ1v) is 20.2. The van der Waals surface area contributed by atoms with Gasteiger partial charge in [0.2, 0.25) is 0 Å². The Balaban J connectivity index is 0.993. The Bertz CT molecular complexity index is 3060.